The van der Waals surface area contributed by atoms with Crippen molar-refractivity contribution < 1.29 is 28.8 Å². The molecule has 1 aromatic heterocycles. The summed E-state index contributed by atoms with van der Waals surface area (Å²) in [6.07, 6.45) is 14.6. The maximum absolute atomic E-state index is 13.2. The molecule has 4 heterocycles. The molecule has 0 radical (unpaired) electrons. The van der Waals surface area contributed by atoms with Crippen molar-refractivity contribution in [2.75, 3.05) is 33.3 Å². The second-order valence-corrected chi connectivity index (χ2v) is 10.9. The molecule has 9 nitrogen and oxygen atoms in total. The first-order valence-corrected chi connectivity index (χ1v) is 14.0. The molecule has 1 spiro atoms. The Morgan fingerprint density at radius 2 is 2.22 bits per heavy atom. The van der Waals surface area contributed by atoms with Crippen molar-refractivity contribution in [2.24, 2.45) is 5.92 Å². The lowest BCUT2D eigenvalue weighted by Gasteiger charge is -2.44. The van der Waals surface area contributed by atoms with Gasteiger partial charge in [-0.2, -0.15) is 0 Å². The van der Waals surface area contributed by atoms with Crippen LogP contribution in [0.5, 0.6) is 5.75 Å². The number of aliphatic hydroxyl groups is 1. The zero-order chi connectivity index (χ0) is 28.4. The minimum absolute atomic E-state index is 0.00418. The summed E-state index contributed by atoms with van der Waals surface area (Å²) < 4.78 is 23.2. The molecule has 3 aliphatic heterocycles. The van der Waals surface area contributed by atoms with Gasteiger partial charge in [-0.15, -0.1) is 6.58 Å². The molecular weight excluding hydrogens is 522 g/mol. The number of carbonyl (C=O) groups is 1. The number of benzene rings is 1. The van der Waals surface area contributed by atoms with E-state index in [1.54, 1.807) is 19.6 Å². The van der Waals surface area contributed by atoms with Crippen LogP contribution in [0.4, 0.5) is 4.79 Å². The van der Waals surface area contributed by atoms with Gasteiger partial charge in [0.15, 0.2) is 12.0 Å². The van der Waals surface area contributed by atoms with E-state index >= 15 is 0 Å². The second kappa shape index (κ2) is 11.4. The number of piperidine rings is 1. The molecule has 2 fully saturated rings. The van der Waals surface area contributed by atoms with Crippen molar-refractivity contribution in [1.29, 1.82) is 0 Å². The van der Waals surface area contributed by atoms with Gasteiger partial charge >= 0.3 is 6.09 Å². The van der Waals surface area contributed by atoms with E-state index in [0.29, 0.717) is 50.7 Å². The standard InChI is InChI=1S/C32H35N3O6/c1-3-7-23-17-34(18-28(36)25-12-14-33-27-11-10-24(38-2)16-26(25)27)15-13-32(23)21-35(31(37)41-32)30-20-39-19-29(40-30)22-8-5-4-6-9-22/h3-5,8,10-12,14,16,19-20,23,28,36H,1,6-7,9,13,15,17-18,21H2,2H3/t23-,28-,32+/m1/s1. The van der Waals surface area contributed by atoms with Gasteiger partial charge in [0.2, 0.25) is 5.88 Å². The Labute approximate surface area is 239 Å². The van der Waals surface area contributed by atoms with Gasteiger partial charge in [-0.1, -0.05) is 24.3 Å². The SMILES string of the molecule is C=CC[C@@H]1CN(C[C@@H](O)c2ccnc3ccc(OC)cc23)CC[C@]12CN(C1=COC=C(C3=CC=CCC3)O1)C(=O)O2. The predicted molar refractivity (Wildman–Crippen MR) is 153 cm³/mol. The van der Waals surface area contributed by atoms with Gasteiger partial charge in [0.1, 0.15) is 17.6 Å². The van der Waals surface area contributed by atoms with Gasteiger partial charge in [-0.3, -0.25) is 9.88 Å². The van der Waals surface area contributed by atoms with Crippen molar-refractivity contribution >= 4 is 17.0 Å². The summed E-state index contributed by atoms with van der Waals surface area (Å²) >= 11 is 0. The first-order valence-electron chi connectivity index (χ1n) is 14.0. The third kappa shape index (κ3) is 5.35. The lowest BCUT2D eigenvalue weighted by atomic mass is 9.78. The third-order valence-corrected chi connectivity index (χ3v) is 8.39. The molecule has 41 heavy (non-hydrogen) atoms. The number of hydrogen-bond acceptors (Lipinski definition) is 8. The normalized spacial score (nSPS) is 25.1. The number of nitrogens with zero attached hydrogens (tertiary/aromatic N) is 3. The zero-order valence-corrected chi connectivity index (χ0v) is 23.2. The van der Waals surface area contributed by atoms with Crippen LogP contribution in [-0.4, -0.2) is 64.9 Å². The Kier molecular flexibility index (Phi) is 7.55. The Balaban J connectivity index is 1.15. The highest BCUT2D eigenvalue weighted by Crippen LogP contribution is 2.42. The largest absolute Gasteiger partial charge is 0.497 e. The fourth-order valence-corrected chi connectivity index (χ4v) is 6.17. The van der Waals surface area contributed by atoms with E-state index in [9.17, 15) is 9.90 Å². The van der Waals surface area contributed by atoms with Crippen LogP contribution in [0.3, 0.4) is 0 Å². The van der Waals surface area contributed by atoms with Crippen LogP contribution in [0, 0.1) is 5.92 Å². The fourth-order valence-electron chi connectivity index (χ4n) is 6.17. The Hall–Kier alpha value is -4.08. The quantitative estimate of drug-likeness (QED) is 0.436. The summed E-state index contributed by atoms with van der Waals surface area (Å²) in [5, 5.41) is 12.2. The highest BCUT2D eigenvalue weighted by Gasteiger charge is 2.54. The third-order valence-electron chi connectivity index (χ3n) is 8.39. The molecule has 1 N–H and O–H groups in total. The topological polar surface area (TPSA) is 93.6 Å². The predicted octanol–water partition coefficient (Wildman–Crippen LogP) is 5.33. The van der Waals surface area contributed by atoms with Crippen molar-refractivity contribution in [3.63, 3.8) is 0 Å². The van der Waals surface area contributed by atoms with Crippen molar-refractivity contribution in [2.45, 2.75) is 37.4 Å². The number of ether oxygens (including phenoxy) is 4. The molecule has 214 valence electrons. The van der Waals surface area contributed by atoms with Gasteiger partial charge in [0.05, 0.1) is 25.3 Å². The van der Waals surface area contributed by atoms with E-state index in [1.165, 1.54) is 11.2 Å². The molecule has 9 heteroatoms. The van der Waals surface area contributed by atoms with Crippen LogP contribution in [-0.2, 0) is 14.2 Å². The number of fused-ring (bicyclic) bond motifs is 1. The van der Waals surface area contributed by atoms with E-state index in [4.69, 9.17) is 18.9 Å². The molecule has 2 saturated heterocycles. The number of hydrogen-bond donors (Lipinski definition) is 1. The van der Waals surface area contributed by atoms with Crippen molar-refractivity contribution in [1.82, 2.24) is 14.8 Å². The minimum atomic E-state index is -0.722. The number of allylic oxidation sites excluding steroid dienone is 5. The zero-order valence-electron chi connectivity index (χ0n) is 23.2. The molecule has 6 rings (SSSR count). The molecule has 1 amide bonds. The maximum atomic E-state index is 13.2. The first-order chi connectivity index (χ1) is 20.0. The van der Waals surface area contributed by atoms with Gasteiger partial charge in [-0.25, -0.2) is 9.69 Å². The summed E-state index contributed by atoms with van der Waals surface area (Å²) in [6.45, 7) is 6.08. The van der Waals surface area contributed by atoms with E-state index in [2.05, 4.69) is 22.5 Å². The van der Waals surface area contributed by atoms with Crippen LogP contribution >= 0.6 is 0 Å². The van der Waals surface area contributed by atoms with Crippen LogP contribution in [0.25, 0.3) is 10.9 Å². The lowest BCUT2D eigenvalue weighted by molar-refractivity contribution is -0.0553. The molecule has 0 unspecified atom stereocenters. The molecule has 0 saturated carbocycles. The molecule has 2 aromatic rings. The van der Waals surface area contributed by atoms with E-state index in [-0.39, 0.29) is 5.92 Å². The average Bonchev–Trinajstić information content (AvgIpc) is 3.35. The number of rotatable bonds is 8. The second-order valence-electron chi connectivity index (χ2n) is 10.9. The molecule has 0 bridgehead atoms. The number of amides is 1. The number of aliphatic hydroxyl groups excluding tert-OH is 1. The monoisotopic (exact) mass is 557 g/mol. The minimum Gasteiger partial charge on any atom is -0.497 e. The van der Waals surface area contributed by atoms with E-state index in [1.807, 2.05) is 42.5 Å². The van der Waals surface area contributed by atoms with Gasteiger partial charge < -0.3 is 24.1 Å². The number of carbonyl (C=O) groups excluding carboxylic acids is 1. The lowest BCUT2D eigenvalue weighted by Crippen LogP contribution is -2.54. The van der Waals surface area contributed by atoms with E-state index < -0.39 is 17.8 Å². The van der Waals surface area contributed by atoms with Crippen LogP contribution in [0.2, 0.25) is 0 Å². The average molecular weight is 558 g/mol. The number of likely N-dealkylation sites (tertiary alicyclic amines) is 1. The summed E-state index contributed by atoms with van der Waals surface area (Å²) in [4.78, 5) is 21.4. The van der Waals surface area contributed by atoms with E-state index in [0.717, 1.165) is 40.6 Å². The maximum Gasteiger partial charge on any atom is 0.417 e. The van der Waals surface area contributed by atoms with Gasteiger partial charge in [-0.05, 0) is 54.7 Å². The highest BCUT2D eigenvalue weighted by atomic mass is 16.6. The fraction of sp³-hybridized carbons (Fsp3) is 0.375. The first kappa shape index (κ1) is 27.1. The number of β-amino-alcohol motifs (C(OH)–C–C–N with tert-alkyl or cyclic N) is 1. The number of pyridine rings is 1. The van der Waals surface area contributed by atoms with Crippen molar-refractivity contribution in [3.05, 3.63) is 96.6 Å². The van der Waals surface area contributed by atoms with Crippen LogP contribution < -0.4 is 4.74 Å². The summed E-state index contributed by atoms with van der Waals surface area (Å²) in [6, 6.07) is 7.53. The van der Waals surface area contributed by atoms with Gasteiger partial charge in [0, 0.05) is 43.6 Å². The number of aromatic nitrogens is 1. The summed E-state index contributed by atoms with van der Waals surface area (Å²) in [5.74, 6) is 1.65. The molecule has 1 aliphatic carbocycles. The summed E-state index contributed by atoms with van der Waals surface area (Å²) in [7, 11) is 1.62. The number of methoxy groups -OCH3 is 1. The molecule has 1 aromatic carbocycles. The Morgan fingerprint density at radius 3 is 3.02 bits per heavy atom. The molecule has 3 atom stereocenters. The van der Waals surface area contributed by atoms with Crippen molar-refractivity contribution in [3.8, 4) is 5.75 Å². The molecule has 4 aliphatic rings. The van der Waals surface area contributed by atoms with Crippen LogP contribution in [0.15, 0.2) is 91.1 Å². The Bertz CT molecular complexity index is 1460. The van der Waals surface area contributed by atoms with Crippen LogP contribution in [0.1, 0.15) is 37.4 Å². The summed E-state index contributed by atoms with van der Waals surface area (Å²) in [5.41, 5.74) is 1.95. The highest BCUT2D eigenvalue weighted by molar-refractivity contribution is 5.83. The van der Waals surface area contributed by atoms with Gasteiger partial charge in [0.25, 0.3) is 0 Å². The smallest absolute Gasteiger partial charge is 0.417 e. The molecular formula is C32H35N3O6. The Morgan fingerprint density at radius 1 is 1.32 bits per heavy atom.